The monoisotopic (exact) mass is 395 g/mol. The molecule has 154 valence electrons. The largest absolute Gasteiger partial charge is 0.478 e. The van der Waals surface area contributed by atoms with Crippen molar-refractivity contribution < 1.29 is 19.4 Å². The highest BCUT2D eigenvalue weighted by Gasteiger charge is 2.29. The zero-order valence-electron chi connectivity index (χ0n) is 17.1. The fraction of sp³-hybridized carbons (Fsp3) is 0.417. The lowest BCUT2D eigenvalue weighted by Crippen LogP contribution is -2.44. The van der Waals surface area contributed by atoms with Gasteiger partial charge >= 0.3 is 5.97 Å². The third-order valence-electron chi connectivity index (χ3n) is 5.84. The SMILES string of the molecule is CCC(CC)C1CC(NC(=O)c2ccccc2-c2ccccc2C(=O)O)CCO1. The van der Waals surface area contributed by atoms with E-state index in [0.717, 1.165) is 25.7 Å². The molecule has 3 rings (SSSR count). The molecule has 5 heteroatoms. The van der Waals surface area contributed by atoms with E-state index in [1.54, 1.807) is 42.5 Å². The minimum absolute atomic E-state index is 0.0598. The zero-order valence-corrected chi connectivity index (χ0v) is 17.1. The van der Waals surface area contributed by atoms with Crippen molar-refractivity contribution >= 4 is 11.9 Å². The number of carboxylic acids is 1. The summed E-state index contributed by atoms with van der Waals surface area (Å²) < 4.78 is 5.96. The van der Waals surface area contributed by atoms with Gasteiger partial charge in [0.25, 0.3) is 5.91 Å². The number of amides is 1. The van der Waals surface area contributed by atoms with Crippen molar-refractivity contribution in [1.29, 1.82) is 0 Å². The normalized spacial score (nSPS) is 19.1. The summed E-state index contributed by atoms with van der Waals surface area (Å²) in [6, 6.07) is 14.0. The van der Waals surface area contributed by atoms with Gasteiger partial charge in [-0.2, -0.15) is 0 Å². The second-order valence-electron chi connectivity index (χ2n) is 7.58. The standard InChI is InChI=1S/C24H29NO4/c1-3-16(4-2)22-15-17(13-14-29-22)25-23(26)20-11-7-5-9-18(20)19-10-6-8-12-21(19)24(27)28/h5-12,16-17,22H,3-4,13-15H2,1-2H3,(H,25,26)(H,27,28). The van der Waals surface area contributed by atoms with E-state index in [1.807, 2.05) is 6.07 Å². The molecule has 1 heterocycles. The van der Waals surface area contributed by atoms with Gasteiger partial charge in [-0.3, -0.25) is 4.79 Å². The van der Waals surface area contributed by atoms with E-state index in [4.69, 9.17) is 4.74 Å². The van der Waals surface area contributed by atoms with Gasteiger partial charge in [0, 0.05) is 18.2 Å². The van der Waals surface area contributed by atoms with Crippen molar-refractivity contribution in [3.63, 3.8) is 0 Å². The van der Waals surface area contributed by atoms with Crippen molar-refractivity contribution in [2.75, 3.05) is 6.61 Å². The minimum atomic E-state index is -1.01. The molecule has 1 aliphatic rings. The highest BCUT2D eigenvalue weighted by molar-refractivity contribution is 6.04. The van der Waals surface area contributed by atoms with Crippen molar-refractivity contribution in [2.45, 2.75) is 51.7 Å². The van der Waals surface area contributed by atoms with E-state index < -0.39 is 5.97 Å². The molecule has 1 saturated heterocycles. The van der Waals surface area contributed by atoms with Crippen LogP contribution in [0.15, 0.2) is 48.5 Å². The summed E-state index contributed by atoms with van der Waals surface area (Å²) in [6.07, 6.45) is 3.90. The summed E-state index contributed by atoms with van der Waals surface area (Å²) in [7, 11) is 0. The van der Waals surface area contributed by atoms with Gasteiger partial charge in [0.15, 0.2) is 0 Å². The number of carbonyl (C=O) groups excluding carboxylic acids is 1. The Morgan fingerprint density at radius 2 is 1.62 bits per heavy atom. The molecule has 0 bridgehead atoms. The average molecular weight is 395 g/mol. The second kappa shape index (κ2) is 9.70. The molecule has 0 aliphatic carbocycles. The third kappa shape index (κ3) is 4.85. The Morgan fingerprint density at radius 3 is 2.24 bits per heavy atom. The number of hydrogen-bond acceptors (Lipinski definition) is 3. The molecule has 1 fully saturated rings. The summed E-state index contributed by atoms with van der Waals surface area (Å²) in [4.78, 5) is 24.7. The predicted molar refractivity (Wildman–Crippen MR) is 113 cm³/mol. The van der Waals surface area contributed by atoms with E-state index in [1.165, 1.54) is 0 Å². The summed E-state index contributed by atoms with van der Waals surface area (Å²) in [5.41, 5.74) is 1.86. The molecule has 0 radical (unpaired) electrons. The number of rotatable bonds is 7. The summed E-state index contributed by atoms with van der Waals surface area (Å²) in [5, 5.41) is 12.7. The first-order valence-electron chi connectivity index (χ1n) is 10.4. The highest BCUT2D eigenvalue weighted by Crippen LogP contribution is 2.29. The van der Waals surface area contributed by atoms with Crippen molar-refractivity contribution in [3.05, 3.63) is 59.7 Å². The number of nitrogens with one attached hydrogen (secondary N) is 1. The Labute approximate surface area is 172 Å². The van der Waals surface area contributed by atoms with Gasteiger partial charge < -0.3 is 15.2 Å². The Hall–Kier alpha value is -2.66. The Kier molecular flexibility index (Phi) is 7.04. The number of ether oxygens (including phenoxy) is 1. The van der Waals surface area contributed by atoms with Gasteiger partial charge in [0.2, 0.25) is 0 Å². The van der Waals surface area contributed by atoms with Crippen LogP contribution >= 0.6 is 0 Å². The molecule has 2 aromatic rings. The van der Waals surface area contributed by atoms with Crippen LogP contribution in [0.25, 0.3) is 11.1 Å². The molecule has 2 atom stereocenters. The van der Waals surface area contributed by atoms with Gasteiger partial charge in [-0.05, 0) is 42.0 Å². The first kappa shape index (κ1) is 21.1. The molecule has 5 nitrogen and oxygen atoms in total. The molecular weight excluding hydrogens is 366 g/mol. The van der Waals surface area contributed by atoms with Crippen molar-refractivity contribution in [2.24, 2.45) is 5.92 Å². The maximum atomic E-state index is 13.1. The van der Waals surface area contributed by atoms with Gasteiger partial charge in [-0.1, -0.05) is 63.1 Å². The van der Waals surface area contributed by atoms with Crippen LogP contribution in [0, 0.1) is 5.92 Å². The van der Waals surface area contributed by atoms with Crippen LogP contribution in [-0.2, 0) is 4.74 Å². The maximum absolute atomic E-state index is 13.1. The Bertz CT molecular complexity index is 859. The van der Waals surface area contributed by atoms with Gasteiger partial charge in [-0.25, -0.2) is 4.79 Å². The van der Waals surface area contributed by atoms with Crippen molar-refractivity contribution in [3.8, 4) is 11.1 Å². The topological polar surface area (TPSA) is 75.6 Å². The maximum Gasteiger partial charge on any atom is 0.336 e. The number of hydrogen-bond donors (Lipinski definition) is 2. The molecule has 0 spiro atoms. The highest BCUT2D eigenvalue weighted by atomic mass is 16.5. The average Bonchev–Trinajstić information content (AvgIpc) is 2.75. The molecule has 2 aromatic carbocycles. The first-order valence-corrected chi connectivity index (χ1v) is 10.4. The molecule has 29 heavy (non-hydrogen) atoms. The fourth-order valence-corrected chi connectivity index (χ4v) is 4.19. The van der Waals surface area contributed by atoms with Gasteiger partial charge in [0.1, 0.15) is 0 Å². The summed E-state index contributed by atoms with van der Waals surface area (Å²) >= 11 is 0. The van der Waals surface area contributed by atoms with E-state index in [0.29, 0.717) is 29.2 Å². The predicted octanol–water partition coefficient (Wildman–Crippen LogP) is 4.77. The van der Waals surface area contributed by atoms with E-state index in [-0.39, 0.29) is 23.6 Å². The van der Waals surface area contributed by atoms with Crippen LogP contribution in [-0.4, -0.2) is 35.7 Å². The van der Waals surface area contributed by atoms with E-state index in [2.05, 4.69) is 19.2 Å². The van der Waals surface area contributed by atoms with E-state index >= 15 is 0 Å². The lowest BCUT2D eigenvalue weighted by molar-refractivity contribution is -0.0337. The van der Waals surface area contributed by atoms with Crippen LogP contribution in [0.2, 0.25) is 0 Å². The van der Waals surface area contributed by atoms with Crippen molar-refractivity contribution in [1.82, 2.24) is 5.32 Å². The Balaban J connectivity index is 1.82. The molecule has 2 unspecified atom stereocenters. The Morgan fingerprint density at radius 1 is 1.03 bits per heavy atom. The zero-order chi connectivity index (χ0) is 20.8. The van der Waals surface area contributed by atoms with E-state index in [9.17, 15) is 14.7 Å². The quantitative estimate of drug-likeness (QED) is 0.708. The minimum Gasteiger partial charge on any atom is -0.478 e. The number of aromatic carboxylic acids is 1. The van der Waals surface area contributed by atoms with Crippen LogP contribution in [0.5, 0.6) is 0 Å². The van der Waals surface area contributed by atoms with Crippen LogP contribution in [0.4, 0.5) is 0 Å². The number of carbonyl (C=O) groups is 2. The smallest absolute Gasteiger partial charge is 0.336 e. The summed E-state index contributed by atoms with van der Waals surface area (Å²) in [6.45, 7) is 5.00. The van der Waals surface area contributed by atoms with Gasteiger partial charge in [-0.15, -0.1) is 0 Å². The molecule has 1 amide bonds. The second-order valence-corrected chi connectivity index (χ2v) is 7.58. The lowest BCUT2D eigenvalue weighted by atomic mass is 9.89. The van der Waals surface area contributed by atoms with Gasteiger partial charge in [0.05, 0.1) is 11.7 Å². The lowest BCUT2D eigenvalue weighted by Gasteiger charge is -2.34. The molecule has 0 saturated carbocycles. The summed E-state index contributed by atoms with van der Waals surface area (Å²) in [5.74, 6) is -0.673. The van der Waals surface area contributed by atoms with Crippen LogP contribution < -0.4 is 5.32 Å². The van der Waals surface area contributed by atoms with Crippen LogP contribution in [0.3, 0.4) is 0 Å². The third-order valence-corrected chi connectivity index (χ3v) is 5.84. The number of carboxylic acid groups (broad SMARTS) is 1. The first-order chi connectivity index (χ1) is 14.0. The molecule has 0 aromatic heterocycles. The molecular formula is C24H29NO4. The molecule has 2 N–H and O–H groups in total. The van der Waals surface area contributed by atoms with Crippen LogP contribution in [0.1, 0.15) is 60.2 Å². The molecule has 1 aliphatic heterocycles. The number of benzene rings is 2. The fourth-order valence-electron chi connectivity index (χ4n) is 4.19.